The van der Waals surface area contributed by atoms with Gasteiger partial charge in [0.05, 0.1) is 12.3 Å². The molecule has 2 aromatic rings. The first-order valence-electron chi connectivity index (χ1n) is 6.00. The van der Waals surface area contributed by atoms with Crippen molar-refractivity contribution in [3.8, 4) is 11.3 Å². The number of rotatable bonds is 2. The molecule has 4 heteroatoms. The fraction of sp³-hybridized carbons (Fsp3) is 0.286. The largest absolute Gasteiger partial charge is 0.381 e. The lowest BCUT2D eigenvalue weighted by Gasteiger charge is -2.09. The zero-order valence-corrected chi connectivity index (χ0v) is 10.6. The van der Waals surface area contributed by atoms with Crippen molar-refractivity contribution in [1.82, 2.24) is 9.97 Å². The van der Waals surface area contributed by atoms with Crippen molar-refractivity contribution >= 4 is 11.6 Å². The predicted octanol–water partition coefficient (Wildman–Crippen LogP) is 3.30. The van der Waals surface area contributed by atoms with Crippen LogP contribution in [-0.2, 0) is 4.74 Å². The molecule has 0 saturated carbocycles. The van der Waals surface area contributed by atoms with Crippen LogP contribution in [0.4, 0.5) is 0 Å². The zero-order valence-electron chi connectivity index (χ0n) is 9.84. The van der Waals surface area contributed by atoms with Crippen LogP contribution < -0.4 is 0 Å². The SMILES string of the molecule is Clc1cc(-c2ccccc2)nc(C2CCOC2)n1. The van der Waals surface area contributed by atoms with Crippen LogP contribution in [0.5, 0.6) is 0 Å². The third-order valence-corrected chi connectivity index (χ3v) is 3.27. The molecule has 18 heavy (non-hydrogen) atoms. The van der Waals surface area contributed by atoms with E-state index in [4.69, 9.17) is 16.3 Å². The van der Waals surface area contributed by atoms with E-state index in [-0.39, 0.29) is 5.92 Å². The second-order valence-electron chi connectivity index (χ2n) is 4.36. The molecular formula is C14H13ClN2O. The van der Waals surface area contributed by atoms with Crippen LogP contribution in [0.15, 0.2) is 36.4 Å². The molecular weight excluding hydrogens is 248 g/mol. The van der Waals surface area contributed by atoms with E-state index >= 15 is 0 Å². The van der Waals surface area contributed by atoms with Gasteiger partial charge in [0.1, 0.15) is 11.0 Å². The standard InChI is InChI=1S/C14H13ClN2O/c15-13-8-12(10-4-2-1-3-5-10)16-14(17-13)11-6-7-18-9-11/h1-5,8,11H,6-7,9H2. The van der Waals surface area contributed by atoms with Gasteiger partial charge in [-0.3, -0.25) is 0 Å². The Bertz CT molecular complexity index is 539. The highest BCUT2D eigenvalue weighted by atomic mass is 35.5. The summed E-state index contributed by atoms with van der Waals surface area (Å²) in [6.45, 7) is 1.47. The van der Waals surface area contributed by atoms with E-state index in [2.05, 4.69) is 9.97 Å². The summed E-state index contributed by atoms with van der Waals surface area (Å²) in [4.78, 5) is 8.93. The van der Waals surface area contributed by atoms with Crippen molar-refractivity contribution in [2.24, 2.45) is 0 Å². The van der Waals surface area contributed by atoms with Crippen LogP contribution in [0.25, 0.3) is 11.3 Å². The summed E-state index contributed by atoms with van der Waals surface area (Å²) in [5, 5.41) is 0.491. The van der Waals surface area contributed by atoms with E-state index in [9.17, 15) is 0 Å². The van der Waals surface area contributed by atoms with Crippen molar-refractivity contribution in [2.45, 2.75) is 12.3 Å². The first-order chi connectivity index (χ1) is 8.83. The van der Waals surface area contributed by atoms with E-state index in [0.717, 1.165) is 30.1 Å². The van der Waals surface area contributed by atoms with Crippen LogP contribution >= 0.6 is 11.6 Å². The number of benzene rings is 1. The topological polar surface area (TPSA) is 35.0 Å². The number of nitrogens with zero attached hydrogens (tertiary/aromatic N) is 2. The minimum atomic E-state index is 0.270. The van der Waals surface area contributed by atoms with Crippen LogP contribution in [0.1, 0.15) is 18.2 Å². The van der Waals surface area contributed by atoms with E-state index in [1.54, 1.807) is 6.07 Å². The summed E-state index contributed by atoms with van der Waals surface area (Å²) >= 11 is 6.09. The lowest BCUT2D eigenvalue weighted by atomic mass is 10.1. The van der Waals surface area contributed by atoms with Gasteiger partial charge >= 0.3 is 0 Å². The number of ether oxygens (including phenoxy) is 1. The first kappa shape index (κ1) is 11.6. The molecule has 1 aliphatic rings. The maximum Gasteiger partial charge on any atom is 0.136 e. The van der Waals surface area contributed by atoms with Gasteiger partial charge in [0, 0.05) is 24.2 Å². The van der Waals surface area contributed by atoms with Gasteiger partial charge in [0.15, 0.2) is 0 Å². The Hall–Kier alpha value is -1.45. The molecule has 0 amide bonds. The summed E-state index contributed by atoms with van der Waals surface area (Å²) in [5.41, 5.74) is 1.93. The monoisotopic (exact) mass is 260 g/mol. The molecule has 1 aromatic heterocycles. The third-order valence-electron chi connectivity index (χ3n) is 3.08. The Kier molecular flexibility index (Phi) is 3.26. The second-order valence-corrected chi connectivity index (χ2v) is 4.75. The molecule has 0 aliphatic carbocycles. The van der Waals surface area contributed by atoms with Crippen LogP contribution in [0, 0.1) is 0 Å². The van der Waals surface area contributed by atoms with Crippen molar-refractivity contribution in [3.05, 3.63) is 47.4 Å². The van der Waals surface area contributed by atoms with Gasteiger partial charge in [-0.2, -0.15) is 0 Å². The van der Waals surface area contributed by atoms with Gasteiger partial charge in [-0.05, 0) is 6.42 Å². The fourth-order valence-electron chi connectivity index (χ4n) is 2.11. The highest BCUT2D eigenvalue weighted by Crippen LogP contribution is 2.26. The number of halogens is 1. The Labute approximate surface area is 111 Å². The van der Waals surface area contributed by atoms with Gasteiger partial charge in [-0.1, -0.05) is 41.9 Å². The molecule has 1 aromatic carbocycles. The molecule has 92 valence electrons. The second kappa shape index (κ2) is 5.04. The van der Waals surface area contributed by atoms with Crippen LogP contribution in [0.3, 0.4) is 0 Å². The van der Waals surface area contributed by atoms with Gasteiger partial charge < -0.3 is 4.74 Å². The van der Waals surface area contributed by atoms with E-state index in [0.29, 0.717) is 11.8 Å². The molecule has 3 rings (SSSR count). The first-order valence-corrected chi connectivity index (χ1v) is 6.38. The van der Waals surface area contributed by atoms with Gasteiger partial charge in [-0.15, -0.1) is 0 Å². The number of hydrogen-bond acceptors (Lipinski definition) is 3. The predicted molar refractivity (Wildman–Crippen MR) is 70.7 cm³/mol. The average Bonchev–Trinajstić information content (AvgIpc) is 2.93. The molecule has 1 atom stereocenters. The summed E-state index contributed by atoms with van der Waals surface area (Å²) in [5.74, 6) is 1.06. The summed E-state index contributed by atoms with van der Waals surface area (Å²) < 4.78 is 5.37. The van der Waals surface area contributed by atoms with Gasteiger partial charge in [0.25, 0.3) is 0 Å². The minimum absolute atomic E-state index is 0.270. The lowest BCUT2D eigenvalue weighted by Crippen LogP contribution is -2.05. The Balaban J connectivity index is 2.00. The zero-order chi connectivity index (χ0) is 12.4. The summed E-state index contributed by atoms with van der Waals surface area (Å²) in [6.07, 6.45) is 0.967. The summed E-state index contributed by atoms with van der Waals surface area (Å²) in [7, 11) is 0. The van der Waals surface area contributed by atoms with E-state index in [1.165, 1.54) is 0 Å². The number of aromatic nitrogens is 2. The molecule has 0 radical (unpaired) electrons. The highest BCUT2D eigenvalue weighted by molar-refractivity contribution is 6.29. The number of hydrogen-bond donors (Lipinski definition) is 0. The quantitative estimate of drug-likeness (QED) is 0.777. The molecule has 3 nitrogen and oxygen atoms in total. The lowest BCUT2D eigenvalue weighted by molar-refractivity contribution is 0.193. The van der Waals surface area contributed by atoms with Crippen molar-refractivity contribution < 1.29 is 4.74 Å². The maximum atomic E-state index is 6.09. The molecule has 1 aliphatic heterocycles. The van der Waals surface area contributed by atoms with Crippen molar-refractivity contribution in [2.75, 3.05) is 13.2 Å². The highest BCUT2D eigenvalue weighted by Gasteiger charge is 2.21. The molecule has 1 unspecified atom stereocenters. The molecule has 0 bridgehead atoms. The third kappa shape index (κ3) is 2.37. The minimum Gasteiger partial charge on any atom is -0.381 e. The van der Waals surface area contributed by atoms with Crippen molar-refractivity contribution in [3.63, 3.8) is 0 Å². The Morgan fingerprint density at radius 1 is 1.17 bits per heavy atom. The summed E-state index contributed by atoms with van der Waals surface area (Å²) in [6, 6.07) is 11.8. The van der Waals surface area contributed by atoms with Gasteiger partial charge in [0.2, 0.25) is 0 Å². The Morgan fingerprint density at radius 3 is 2.72 bits per heavy atom. The fourth-order valence-corrected chi connectivity index (χ4v) is 2.30. The van der Waals surface area contributed by atoms with E-state index < -0.39 is 0 Å². The van der Waals surface area contributed by atoms with Gasteiger partial charge in [-0.25, -0.2) is 9.97 Å². The Morgan fingerprint density at radius 2 is 2.00 bits per heavy atom. The molecule has 2 heterocycles. The normalized spacial score (nSPS) is 19.1. The van der Waals surface area contributed by atoms with Crippen LogP contribution in [0.2, 0.25) is 5.15 Å². The molecule has 1 saturated heterocycles. The van der Waals surface area contributed by atoms with Crippen LogP contribution in [-0.4, -0.2) is 23.2 Å². The molecule has 0 N–H and O–H groups in total. The average molecular weight is 261 g/mol. The smallest absolute Gasteiger partial charge is 0.136 e. The molecule has 1 fully saturated rings. The van der Waals surface area contributed by atoms with E-state index in [1.807, 2.05) is 30.3 Å². The van der Waals surface area contributed by atoms with Crippen molar-refractivity contribution in [1.29, 1.82) is 0 Å². The molecule has 0 spiro atoms. The maximum absolute atomic E-state index is 6.09.